The van der Waals surface area contributed by atoms with Gasteiger partial charge in [-0.25, -0.2) is 0 Å². The Hall–Kier alpha value is -1.00. The van der Waals surface area contributed by atoms with Gasteiger partial charge in [0, 0.05) is 23.2 Å². The molecule has 0 aromatic heterocycles. The summed E-state index contributed by atoms with van der Waals surface area (Å²) in [4.78, 5) is 27.7. The van der Waals surface area contributed by atoms with E-state index in [-0.39, 0.29) is 45.6 Å². The summed E-state index contributed by atoms with van der Waals surface area (Å²) in [6.07, 6.45) is 8.10. The highest BCUT2D eigenvalue weighted by Gasteiger charge is 2.88. The Morgan fingerprint density at radius 3 is 2.35 bits per heavy atom. The number of rotatable bonds is 1. The smallest absolute Gasteiger partial charge is 0.234 e. The molecule has 5 saturated carbocycles. The first-order valence-electron chi connectivity index (χ1n) is 13.9. The van der Waals surface area contributed by atoms with Crippen molar-refractivity contribution in [3.63, 3.8) is 0 Å². The molecule has 0 aromatic rings. The van der Waals surface area contributed by atoms with Crippen molar-refractivity contribution in [1.29, 1.82) is 0 Å². The van der Waals surface area contributed by atoms with Crippen molar-refractivity contribution < 1.29 is 19.1 Å². The van der Waals surface area contributed by atoms with E-state index in [4.69, 9.17) is 9.47 Å². The van der Waals surface area contributed by atoms with Crippen LogP contribution in [0.3, 0.4) is 0 Å². The Labute approximate surface area is 204 Å². The zero-order valence-corrected chi connectivity index (χ0v) is 22.0. The minimum absolute atomic E-state index is 0.0535. The number of ether oxygens (including phenoxy) is 2. The molecule has 7 rings (SSSR count). The lowest BCUT2D eigenvalue weighted by atomic mass is 9.41. The molecule has 2 bridgehead atoms. The molecule has 7 aliphatic rings. The number of Topliss-reactive ketones (excluding diaryl/α,β-unsaturated/α-hetero) is 2. The van der Waals surface area contributed by atoms with Crippen molar-refractivity contribution in [2.45, 2.75) is 111 Å². The van der Waals surface area contributed by atoms with Crippen LogP contribution in [0.4, 0.5) is 0 Å². The molecule has 0 N–H and O–H groups in total. The molecule has 3 spiro atoms. The second-order valence-electron chi connectivity index (χ2n) is 14.7. The SMILES string of the molecule is C=C(C)[C@H]1O[C@@]23O[C@@H]1C[C@@H](C)[C@@H]2[C@@]1(C)CC[C@@]24C[C@@]25CCC(=O)C(C)(C)[C@@H]5CC[C@H]4[C@]1(C)C3=O. The fraction of sp³-hybridized carbons (Fsp3) is 0.867. The zero-order valence-electron chi connectivity index (χ0n) is 22.0. The van der Waals surface area contributed by atoms with Gasteiger partial charge in [-0.05, 0) is 91.4 Å². The molecule has 0 radical (unpaired) electrons. The molecule has 2 aliphatic heterocycles. The summed E-state index contributed by atoms with van der Waals surface area (Å²) >= 11 is 0. The third kappa shape index (κ3) is 1.97. The molecular weight excluding hydrogens is 424 g/mol. The summed E-state index contributed by atoms with van der Waals surface area (Å²) < 4.78 is 13.4. The number of hydrogen-bond donors (Lipinski definition) is 0. The lowest BCUT2D eigenvalue weighted by Crippen LogP contribution is -2.58. The van der Waals surface area contributed by atoms with Gasteiger partial charge in [0.2, 0.25) is 5.79 Å². The molecule has 0 amide bonds. The summed E-state index contributed by atoms with van der Waals surface area (Å²) in [5.74, 6) is 0.933. The Morgan fingerprint density at radius 1 is 0.971 bits per heavy atom. The highest BCUT2D eigenvalue weighted by Crippen LogP contribution is 2.89. The average Bonchev–Trinajstić information content (AvgIpc) is 3.29. The summed E-state index contributed by atoms with van der Waals surface area (Å²) in [7, 11) is 0. The number of hydrogen-bond acceptors (Lipinski definition) is 4. The summed E-state index contributed by atoms with van der Waals surface area (Å²) in [5.41, 5.74) is 0.662. The van der Waals surface area contributed by atoms with Gasteiger partial charge in [0.1, 0.15) is 11.9 Å². The van der Waals surface area contributed by atoms with Crippen molar-refractivity contribution in [1.82, 2.24) is 0 Å². The van der Waals surface area contributed by atoms with E-state index in [0.29, 0.717) is 23.5 Å². The number of carbonyl (C=O) groups excluding carboxylic acids is 2. The van der Waals surface area contributed by atoms with Crippen molar-refractivity contribution in [3.05, 3.63) is 12.2 Å². The van der Waals surface area contributed by atoms with E-state index in [1.165, 1.54) is 12.8 Å². The molecule has 4 nitrogen and oxygen atoms in total. The molecule has 0 unspecified atom stereocenters. The molecule has 2 saturated heterocycles. The molecule has 4 heteroatoms. The number of fused-ring (bicyclic) bond motifs is 4. The summed E-state index contributed by atoms with van der Waals surface area (Å²) in [5, 5.41) is 0. The maximum absolute atomic E-state index is 14.8. The van der Waals surface area contributed by atoms with Crippen LogP contribution in [0.15, 0.2) is 12.2 Å². The minimum atomic E-state index is -1.10. The van der Waals surface area contributed by atoms with E-state index < -0.39 is 11.2 Å². The largest absolute Gasteiger partial charge is 0.337 e. The number of ketones is 2. The normalized spacial score (nSPS) is 60.5. The van der Waals surface area contributed by atoms with Gasteiger partial charge in [-0.1, -0.05) is 41.2 Å². The fourth-order valence-electron chi connectivity index (χ4n) is 12.0. The van der Waals surface area contributed by atoms with E-state index >= 15 is 0 Å². The van der Waals surface area contributed by atoms with Gasteiger partial charge >= 0.3 is 0 Å². The number of carbonyl (C=O) groups is 2. The van der Waals surface area contributed by atoms with Crippen LogP contribution in [0.1, 0.15) is 92.9 Å². The third-order valence-electron chi connectivity index (χ3n) is 13.4. The van der Waals surface area contributed by atoms with Crippen LogP contribution in [0.2, 0.25) is 0 Å². The van der Waals surface area contributed by atoms with E-state index in [9.17, 15) is 9.59 Å². The van der Waals surface area contributed by atoms with Gasteiger partial charge in [-0.2, -0.15) is 0 Å². The average molecular weight is 467 g/mol. The van der Waals surface area contributed by atoms with Crippen LogP contribution < -0.4 is 0 Å². The summed E-state index contributed by atoms with van der Waals surface area (Å²) in [6.45, 7) is 17.7. The van der Waals surface area contributed by atoms with Crippen LogP contribution >= 0.6 is 0 Å². The fourth-order valence-corrected chi connectivity index (χ4v) is 12.0. The lowest BCUT2D eigenvalue weighted by molar-refractivity contribution is -0.231. The molecule has 34 heavy (non-hydrogen) atoms. The quantitative estimate of drug-likeness (QED) is 0.453. The molecule has 0 aromatic carbocycles. The first-order valence-corrected chi connectivity index (χ1v) is 13.9. The lowest BCUT2D eigenvalue weighted by Gasteiger charge is -2.61. The maximum Gasteiger partial charge on any atom is 0.234 e. The van der Waals surface area contributed by atoms with Crippen LogP contribution in [0, 0.1) is 50.7 Å². The van der Waals surface area contributed by atoms with E-state index in [1.807, 2.05) is 6.92 Å². The third-order valence-corrected chi connectivity index (χ3v) is 13.4. The van der Waals surface area contributed by atoms with Crippen LogP contribution in [0.5, 0.6) is 0 Å². The Kier molecular flexibility index (Phi) is 3.88. The Morgan fingerprint density at radius 2 is 1.65 bits per heavy atom. The predicted octanol–water partition coefficient (Wildman–Crippen LogP) is 5.88. The standard InChI is InChI=1S/C30H42O4/c1-16(2)22-18-14-17(3)23-26(6)12-13-29-15-28(29)11-10-21(31)25(4,5)19(28)8-9-20(29)27(26,7)24(32)30(23,33-18)34-22/h17-20,22-23H,1,8-15H2,2-7H3/t17-,18-,19+,20+,22-,23-,26-,27-,28-,29+,30+/m1/s1. The molecular formula is C30H42O4. The van der Waals surface area contributed by atoms with Gasteiger partial charge in [0.25, 0.3) is 0 Å². The summed E-state index contributed by atoms with van der Waals surface area (Å²) in [6, 6.07) is 0. The first-order chi connectivity index (χ1) is 15.8. The highest BCUT2D eigenvalue weighted by atomic mass is 16.8. The Balaban J connectivity index is 1.35. The van der Waals surface area contributed by atoms with Gasteiger partial charge in [-0.15, -0.1) is 0 Å². The zero-order chi connectivity index (χ0) is 24.3. The maximum atomic E-state index is 14.8. The molecule has 7 fully saturated rings. The van der Waals surface area contributed by atoms with Gasteiger partial charge in [0.15, 0.2) is 5.78 Å². The molecule has 186 valence electrons. The van der Waals surface area contributed by atoms with E-state index in [0.717, 1.165) is 44.1 Å². The van der Waals surface area contributed by atoms with Crippen molar-refractivity contribution >= 4 is 11.6 Å². The monoisotopic (exact) mass is 466 g/mol. The van der Waals surface area contributed by atoms with Crippen molar-refractivity contribution in [2.75, 3.05) is 0 Å². The second-order valence-corrected chi connectivity index (χ2v) is 14.7. The molecule has 5 aliphatic carbocycles. The second kappa shape index (κ2) is 5.93. The first kappa shape index (κ1) is 22.2. The predicted molar refractivity (Wildman–Crippen MR) is 129 cm³/mol. The molecule has 11 atom stereocenters. The topological polar surface area (TPSA) is 52.6 Å². The minimum Gasteiger partial charge on any atom is -0.337 e. The van der Waals surface area contributed by atoms with Crippen LogP contribution in [0.25, 0.3) is 0 Å². The van der Waals surface area contributed by atoms with Crippen LogP contribution in [-0.2, 0) is 19.1 Å². The van der Waals surface area contributed by atoms with Gasteiger partial charge < -0.3 is 9.47 Å². The van der Waals surface area contributed by atoms with Crippen molar-refractivity contribution in [3.8, 4) is 0 Å². The van der Waals surface area contributed by atoms with Crippen molar-refractivity contribution in [2.24, 2.45) is 50.7 Å². The van der Waals surface area contributed by atoms with Gasteiger partial charge in [-0.3, -0.25) is 9.59 Å². The van der Waals surface area contributed by atoms with Crippen LogP contribution in [-0.4, -0.2) is 29.6 Å². The van der Waals surface area contributed by atoms with E-state index in [2.05, 4.69) is 41.2 Å². The molecule has 2 heterocycles. The van der Waals surface area contributed by atoms with Gasteiger partial charge in [0.05, 0.1) is 6.10 Å². The highest BCUT2D eigenvalue weighted by molar-refractivity contribution is 5.96. The van der Waals surface area contributed by atoms with E-state index in [1.54, 1.807) is 0 Å². The Bertz CT molecular complexity index is 1040.